The van der Waals surface area contributed by atoms with Crippen LogP contribution in [0.5, 0.6) is 0 Å². The van der Waals surface area contributed by atoms with Gasteiger partial charge in [0.25, 0.3) is 0 Å². The second kappa shape index (κ2) is 5.45. The Hall–Kier alpha value is -1.16. The molecule has 2 heterocycles. The topological polar surface area (TPSA) is 47.0 Å². The quantitative estimate of drug-likeness (QED) is 0.905. The van der Waals surface area contributed by atoms with E-state index in [1.165, 1.54) is 12.8 Å². The van der Waals surface area contributed by atoms with Crippen molar-refractivity contribution in [1.29, 1.82) is 0 Å². The van der Waals surface area contributed by atoms with Crippen molar-refractivity contribution in [3.05, 3.63) is 17.6 Å². The average molecular weight is 261 g/mol. The van der Waals surface area contributed by atoms with Crippen LogP contribution in [0.25, 0.3) is 0 Å². The zero-order chi connectivity index (χ0) is 13.2. The maximum Gasteiger partial charge on any atom is 0.130 e. The molecule has 4 heteroatoms. The summed E-state index contributed by atoms with van der Waals surface area (Å²) >= 11 is 0. The molecule has 3 rings (SSSR count). The Morgan fingerprint density at radius 1 is 1.32 bits per heavy atom. The molecular formula is C15H23N3O. The smallest absolute Gasteiger partial charge is 0.130 e. The molecule has 2 fully saturated rings. The Kier molecular flexibility index (Phi) is 3.69. The van der Waals surface area contributed by atoms with Crippen LogP contribution in [0.4, 0.5) is 5.82 Å². The Morgan fingerprint density at radius 2 is 2.16 bits per heavy atom. The fourth-order valence-corrected chi connectivity index (χ4v) is 2.85. The van der Waals surface area contributed by atoms with Gasteiger partial charge in [0, 0.05) is 24.4 Å². The van der Waals surface area contributed by atoms with Crippen LogP contribution < -0.4 is 5.32 Å². The third-order valence-electron chi connectivity index (χ3n) is 4.07. The van der Waals surface area contributed by atoms with Crippen molar-refractivity contribution in [2.75, 3.05) is 11.9 Å². The van der Waals surface area contributed by atoms with Gasteiger partial charge in [0.1, 0.15) is 11.6 Å². The molecule has 104 valence electrons. The molecule has 0 spiro atoms. The van der Waals surface area contributed by atoms with Gasteiger partial charge in [-0.25, -0.2) is 9.97 Å². The highest BCUT2D eigenvalue weighted by atomic mass is 16.5. The molecule has 0 amide bonds. The minimum absolute atomic E-state index is 0.472. The van der Waals surface area contributed by atoms with E-state index in [9.17, 15) is 0 Å². The van der Waals surface area contributed by atoms with Gasteiger partial charge in [-0.15, -0.1) is 0 Å². The molecule has 2 unspecified atom stereocenters. The average Bonchev–Trinajstić information content (AvgIpc) is 3.22. The number of ether oxygens (including phenoxy) is 1. The summed E-state index contributed by atoms with van der Waals surface area (Å²) in [5.41, 5.74) is 1.11. The van der Waals surface area contributed by atoms with Gasteiger partial charge in [0.2, 0.25) is 0 Å². The Morgan fingerprint density at radius 3 is 2.89 bits per heavy atom. The van der Waals surface area contributed by atoms with Crippen molar-refractivity contribution < 1.29 is 4.74 Å². The molecule has 19 heavy (non-hydrogen) atoms. The van der Waals surface area contributed by atoms with Gasteiger partial charge < -0.3 is 10.1 Å². The summed E-state index contributed by atoms with van der Waals surface area (Å²) in [6, 6.07) is 2.58. The summed E-state index contributed by atoms with van der Waals surface area (Å²) in [6.45, 7) is 4.97. The van der Waals surface area contributed by atoms with Gasteiger partial charge >= 0.3 is 0 Å². The second-order valence-corrected chi connectivity index (χ2v) is 5.76. The minimum Gasteiger partial charge on any atom is -0.378 e. The highest BCUT2D eigenvalue weighted by Crippen LogP contribution is 2.38. The van der Waals surface area contributed by atoms with Gasteiger partial charge in [-0.1, -0.05) is 6.92 Å². The molecule has 4 nitrogen and oxygen atoms in total. The monoisotopic (exact) mass is 261 g/mol. The molecular weight excluding hydrogens is 238 g/mol. The van der Waals surface area contributed by atoms with Crippen molar-refractivity contribution in [1.82, 2.24) is 9.97 Å². The summed E-state index contributed by atoms with van der Waals surface area (Å²) in [5.74, 6) is 2.65. The molecule has 1 aliphatic carbocycles. The number of aromatic nitrogens is 2. The van der Waals surface area contributed by atoms with E-state index in [2.05, 4.69) is 28.3 Å². The van der Waals surface area contributed by atoms with Crippen LogP contribution in [0.2, 0.25) is 0 Å². The molecule has 2 aliphatic rings. The van der Waals surface area contributed by atoms with E-state index in [1.807, 2.05) is 6.92 Å². The zero-order valence-corrected chi connectivity index (χ0v) is 11.9. The molecule has 1 aromatic heterocycles. The maximum absolute atomic E-state index is 5.87. The van der Waals surface area contributed by atoms with E-state index < -0.39 is 0 Å². The van der Waals surface area contributed by atoms with Crippen LogP contribution in [0.3, 0.4) is 0 Å². The molecule has 1 N–H and O–H groups in total. The lowest BCUT2D eigenvalue weighted by atomic mass is 10.00. The summed E-state index contributed by atoms with van der Waals surface area (Å²) in [4.78, 5) is 8.92. The Balaban J connectivity index is 1.65. The van der Waals surface area contributed by atoms with Gasteiger partial charge in [-0.05, 0) is 44.9 Å². The van der Waals surface area contributed by atoms with Crippen molar-refractivity contribution >= 4 is 5.82 Å². The molecule has 2 atom stereocenters. The number of anilines is 1. The molecule has 1 aromatic rings. The fraction of sp³-hybridized carbons (Fsp3) is 0.733. The highest BCUT2D eigenvalue weighted by molar-refractivity contribution is 5.37. The van der Waals surface area contributed by atoms with Crippen molar-refractivity contribution in [2.24, 2.45) is 5.92 Å². The van der Waals surface area contributed by atoms with Gasteiger partial charge in [0.05, 0.1) is 6.10 Å². The predicted molar refractivity (Wildman–Crippen MR) is 75.3 cm³/mol. The summed E-state index contributed by atoms with van der Waals surface area (Å²) in [6.07, 6.45) is 6.33. The maximum atomic E-state index is 5.87. The number of nitrogens with zero attached hydrogens (tertiary/aromatic N) is 2. The first-order valence-corrected chi connectivity index (χ1v) is 7.47. The first-order chi connectivity index (χ1) is 9.24. The molecule has 0 bridgehead atoms. The summed E-state index contributed by atoms with van der Waals surface area (Å²) < 4.78 is 5.87. The Labute approximate surface area is 115 Å². The highest BCUT2D eigenvalue weighted by Gasteiger charge is 2.35. The number of nitrogens with one attached hydrogen (secondary N) is 1. The number of hydrogen-bond donors (Lipinski definition) is 1. The molecule has 0 radical (unpaired) electrons. The SMILES string of the molecule is CCc1cc(NC2CCOC(C3CC3)C2)nc(C)n1. The van der Waals surface area contributed by atoms with Crippen LogP contribution in [0.15, 0.2) is 6.07 Å². The van der Waals surface area contributed by atoms with E-state index in [0.29, 0.717) is 12.1 Å². The van der Waals surface area contributed by atoms with Gasteiger partial charge in [0.15, 0.2) is 0 Å². The van der Waals surface area contributed by atoms with Crippen LogP contribution in [-0.2, 0) is 11.2 Å². The zero-order valence-electron chi connectivity index (χ0n) is 11.9. The van der Waals surface area contributed by atoms with Crippen molar-refractivity contribution in [3.8, 4) is 0 Å². The van der Waals surface area contributed by atoms with Crippen LogP contribution >= 0.6 is 0 Å². The summed E-state index contributed by atoms with van der Waals surface area (Å²) in [7, 11) is 0. The van der Waals surface area contributed by atoms with Crippen molar-refractivity contribution in [2.45, 2.75) is 58.1 Å². The Bertz CT molecular complexity index is 445. The first kappa shape index (κ1) is 12.9. The van der Waals surface area contributed by atoms with Crippen LogP contribution in [0, 0.1) is 12.8 Å². The fourth-order valence-electron chi connectivity index (χ4n) is 2.85. The largest absolute Gasteiger partial charge is 0.378 e. The standard InChI is InChI=1S/C15H23N3O/c1-3-12-9-15(17-10(2)16-12)18-13-6-7-19-14(8-13)11-4-5-11/h9,11,13-14H,3-8H2,1-2H3,(H,16,17,18). The van der Waals surface area contributed by atoms with E-state index in [4.69, 9.17) is 4.74 Å². The van der Waals surface area contributed by atoms with E-state index in [1.54, 1.807) is 0 Å². The van der Waals surface area contributed by atoms with Gasteiger partial charge in [-0.3, -0.25) is 0 Å². The molecule has 0 aromatic carbocycles. The lowest BCUT2D eigenvalue weighted by Gasteiger charge is -2.30. The van der Waals surface area contributed by atoms with Crippen molar-refractivity contribution in [3.63, 3.8) is 0 Å². The van der Waals surface area contributed by atoms with Crippen LogP contribution in [0.1, 0.15) is 44.1 Å². The number of aryl methyl sites for hydroxylation is 2. The third-order valence-corrected chi connectivity index (χ3v) is 4.07. The number of rotatable bonds is 4. The lowest BCUT2D eigenvalue weighted by molar-refractivity contribution is -0.00223. The molecule has 1 saturated carbocycles. The third kappa shape index (κ3) is 3.24. The molecule has 1 saturated heterocycles. The second-order valence-electron chi connectivity index (χ2n) is 5.76. The van der Waals surface area contributed by atoms with E-state index in [-0.39, 0.29) is 0 Å². The van der Waals surface area contributed by atoms with E-state index >= 15 is 0 Å². The van der Waals surface area contributed by atoms with Gasteiger partial charge in [-0.2, -0.15) is 0 Å². The van der Waals surface area contributed by atoms with E-state index in [0.717, 1.165) is 49.1 Å². The van der Waals surface area contributed by atoms with Crippen LogP contribution in [-0.4, -0.2) is 28.7 Å². The first-order valence-electron chi connectivity index (χ1n) is 7.47. The predicted octanol–water partition coefficient (Wildman–Crippen LogP) is 2.72. The summed E-state index contributed by atoms with van der Waals surface area (Å²) in [5, 5.41) is 3.58. The normalized spacial score (nSPS) is 27.3. The minimum atomic E-state index is 0.472. The molecule has 1 aliphatic heterocycles. The lowest BCUT2D eigenvalue weighted by Crippen LogP contribution is -2.35. The number of hydrogen-bond acceptors (Lipinski definition) is 4.